The Kier molecular flexibility index (Phi) is 3.93. The van der Waals surface area contributed by atoms with E-state index in [1.165, 1.54) is 0 Å². The van der Waals surface area contributed by atoms with E-state index in [1.54, 1.807) is 0 Å². The Bertz CT molecular complexity index is 579. The second-order valence-corrected chi connectivity index (χ2v) is 8.44. The van der Waals surface area contributed by atoms with Gasteiger partial charge in [-0.15, -0.1) is 0 Å². The van der Waals surface area contributed by atoms with E-state index in [4.69, 9.17) is 4.74 Å². The number of hydrogen-bond acceptors (Lipinski definition) is 3. The lowest BCUT2D eigenvalue weighted by atomic mass is 9.94. The zero-order valence-corrected chi connectivity index (χ0v) is 15.1. The van der Waals surface area contributed by atoms with Gasteiger partial charge in [0.25, 0.3) is 5.91 Å². The molecule has 1 amide bonds. The molecular formula is C17H29N3O2. The number of carbonyl (C=O) groups is 1. The first kappa shape index (κ1) is 17.0. The van der Waals surface area contributed by atoms with Gasteiger partial charge < -0.3 is 10.1 Å². The maximum absolute atomic E-state index is 12.6. The first-order valence-electron chi connectivity index (χ1n) is 7.90. The Hall–Kier alpha value is -1.36. The number of amides is 1. The summed E-state index contributed by atoms with van der Waals surface area (Å²) < 4.78 is 7.88. The summed E-state index contributed by atoms with van der Waals surface area (Å²) in [5, 5.41) is 7.60. The van der Waals surface area contributed by atoms with Gasteiger partial charge in [0, 0.05) is 6.20 Å². The number of aromatic nitrogens is 2. The molecule has 1 aromatic rings. The molecule has 124 valence electrons. The van der Waals surface area contributed by atoms with E-state index >= 15 is 0 Å². The van der Waals surface area contributed by atoms with Crippen molar-refractivity contribution in [2.24, 2.45) is 0 Å². The van der Waals surface area contributed by atoms with E-state index in [1.807, 2.05) is 31.6 Å². The van der Waals surface area contributed by atoms with E-state index < -0.39 is 0 Å². The maximum atomic E-state index is 12.6. The van der Waals surface area contributed by atoms with Crippen LogP contribution in [0.2, 0.25) is 0 Å². The Balaban J connectivity index is 2.18. The quantitative estimate of drug-likeness (QED) is 0.913. The molecule has 0 aliphatic carbocycles. The van der Waals surface area contributed by atoms with Crippen LogP contribution in [0, 0.1) is 6.92 Å². The van der Waals surface area contributed by atoms with Gasteiger partial charge in [0.1, 0.15) is 0 Å². The number of aryl methyl sites for hydroxylation is 1. The third-order valence-electron chi connectivity index (χ3n) is 4.21. The van der Waals surface area contributed by atoms with Crippen LogP contribution in [0.15, 0.2) is 6.20 Å². The summed E-state index contributed by atoms with van der Waals surface area (Å²) in [6.07, 6.45) is 2.64. The molecule has 1 aliphatic rings. The number of ether oxygens (including phenoxy) is 1. The summed E-state index contributed by atoms with van der Waals surface area (Å²) in [5.74, 6) is -0.0765. The van der Waals surface area contributed by atoms with Crippen LogP contribution in [0.4, 0.5) is 0 Å². The summed E-state index contributed by atoms with van der Waals surface area (Å²) in [5.41, 5.74) is 0.666. The summed E-state index contributed by atoms with van der Waals surface area (Å²) in [4.78, 5) is 12.6. The predicted octanol–water partition coefficient (Wildman–Crippen LogP) is 3.02. The van der Waals surface area contributed by atoms with Crippen molar-refractivity contribution in [2.45, 2.75) is 84.6 Å². The summed E-state index contributed by atoms with van der Waals surface area (Å²) in [6.45, 7) is 16.2. The van der Waals surface area contributed by atoms with Crippen molar-refractivity contribution in [3.63, 3.8) is 0 Å². The van der Waals surface area contributed by atoms with Crippen molar-refractivity contribution in [1.82, 2.24) is 15.1 Å². The minimum absolute atomic E-state index is 0.00705. The van der Waals surface area contributed by atoms with Gasteiger partial charge in [0.15, 0.2) is 0 Å². The minimum Gasteiger partial charge on any atom is -0.367 e. The third kappa shape index (κ3) is 3.35. The number of hydrogen-bond donors (Lipinski definition) is 1. The standard InChI is InChI=1S/C17H29N3O2/c1-11-12(10-20(19-11)15(2,3)4)14(21)18-13-9-16(5,6)22-17(13,7)8/h10,13H,9H2,1-8H3,(H,18,21). The molecule has 5 heteroatoms. The Morgan fingerprint density at radius 1 is 1.36 bits per heavy atom. The van der Waals surface area contributed by atoms with Gasteiger partial charge in [-0.25, -0.2) is 0 Å². The molecule has 1 aromatic heterocycles. The lowest BCUT2D eigenvalue weighted by molar-refractivity contribution is -0.0693. The second kappa shape index (κ2) is 5.08. The molecule has 5 nitrogen and oxygen atoms in total. The highest BCUT2D eigenvalue weighted by Gasteiger charge is 2.46. The SMILES string of the molecule is Cc1nn(C(C)(C)C)cc1C(=O)NC1CC(C)(C)OC1(C)C. The molecule has 0 bridgehead atoms. The molecule has 1 aliphatic heterocycles. The van der Waals surface area contributed by atoms with E-state index in [-0.39, 0.29) is 28.7 Å². The molecule has 2 heterocycles. The van der Waals surface area contributed by atoms with Crippen LogP contribution < -0.4 is 5.32 Å². The van der Waals surface area contributed by atoms with Gasteiger partial charge in [0.2, 0.25) is 0 Å². The van der Waals surface area contributed by atoms with Gasteiger partial charge in [-0.1, -0.05) is 0 Å². The van der Waals surface area contributed by atoms with Crippen molar-refractivity contribution in [3.8, 4) is 0 Å². The Morgan fingerprint density at radius 2 is 1.95 bits per heavy atom. The second-order valence-electron chi connectivity index (χ2n) is 8.44. The molecule has 1 atom stereocenters. The van der Waals surface area contributed by atoms with Crippen LogP contribution in [0.3, 0.4) is 0 Å². The minimum atomic E-state index is -0.368. The maximum Gasteiger partial charge on any atom is 0.255 e. The van der Waals surface area contributed by atoms with Crippen LogP contribution in [0.1, 0.15) is 70.9 Å². The molecule has 1 N–H and O–H groups in total. The molecule has 0 radical (unpaired) electrons. The van der Waals surface area contributed by atoms with E-state index in [2.05, 4.69) is 45.0 Å². The largest absolute Gasteiger partial charge is 0.367 e. The first-order valence-corrected chi connectivity index (χ1v) is 7.90. The van der Waals surface area contributed by atoms with E-state index in [0.29, 0.717) is 5.56 Å². The molecule has 2 rings (SSSR count). The highest BCUT2D eigenvalue weighted by Crippen LogP contribution is 2.37. The lowest BCUT2D eigenvalue weighted by Crippen LogP contribution is -2.46. The van der Waals surface area contributed by atoms with Crippen LogP contribution in [0.5, 0.6) is 0 Å². The molecule has 0 aromatic carbocycles. The fourth-order valence-electron chi connectivity index (χ4n) is 3.05. The number of nitrogens with zero attached hydrogens (tertiary/aromatic N) is 2. The summed E-state index contributed by atoms with van der Waals surface area (Å²) in [6, 6.07) is -0.00705. The lowest BCUT2D eigenvalue weighted by Gasteiger charge is -2.27. The fraction of sp³-hybridized carbons (Fsp3) is 0.765. The van der Waals surface area contributed by atoms with Crippen molar-refractivity contribution in [2.75, 3.05) is 0 Å². The van der Waals surface area contributed by atoms with Crippen LogP contribution in [0.25, 0.3) is 0 Å². The molecule has 1 fully saturated rings. The highest BCUT2D eigenvalue weighted by molar-refractivity contribution is 5.95. The number of rotatable bonds is 2. The molecule has 22 heavy (non-hydrogen) atoms. The number of carbonyl (C=O) groups excluding carboxylic acids is 1. The highest BCUT2D eigenvalue weighted by atomic mass is 16.5. The first-order chi connectivity index (χ1) is 9.82. The van der Waals surface area contributed by atoms with Crippen molar-refractivity contribution in [3.05, 3.63) is 17.5 Å². The molecule has 0 saturated carbocycles. The zero-order chi connectivity index (χ0) is 16.9. The van der Waals surface area contributed by atoms with E-state index in [9.17, 15) is 4.79 Å². The predicted molar refractivity (Wildman–Crippen MR) is 87.1 cm³/mol. The topological polar surface area (TPSA) is 56.2 Å². The Labute approximate surface area is 133 Å². The monoisotopic (exact) mass is 307 g/mol. The van der Waals surface area contributed by atoms with Crippen molar-refractivity contribution in [1.29, 1.82) is 0 Å². The van der Waals surface area contributed by atoms with Gasteiger partial charge in [-0.05, 0) is 61.8 Å². The van der Waals surface area contributed by atoms with Crippen molar-refractivity contribution < 1.29 is 9.53 Å². The molecule has 1 saturated heterocycles. The van der Waals surface area contributed by atoms with Gasteiger partial charge in [0.05, 0.1) is 34.0 Å². The molecule has 1 unspecified atom stereocenters. The molecule has 0 spiro atoms. The zero-order valence-electron chi connectivity index (χ0n) is 15.1. The average molecular weight is 307 g/mol. The van der Waals surface area contributed by atoms with E-state index in [0.717, 1.165) is 12.1 Å². The van der Waals surface area contributed by atoms with Gasteiger partial charge >= 0.3 is 0 Å². The normalized spacial score (nSPS) is 23.5. The average Bonchev–Trinajstić information content (AvgIpc) is 2.76. The number of nitrogens with one attached hydrogen (secondary N) is 1. The summed E-state index contributed by atoms with van der Waals surface area (Å²) >= 11 is 0. The Morgan fingerprint density at radius 3 is 2.36 bits per heavy atom. The van der Waals surface area contributed by atoms with Crippen molar-refractivity contribution >= 4 is 5.91 Å². The molecular weight excluding hydrogens is 278 g/mol. The van der Waals surface area contributed by atoms with Crippen LogP contribution in [-0.2, 0) is 10.3 Å². The van der Waals surface area contributed by atoms with Crippen LogP contribution >= 0.6 is 0 Å². The third-order valence-corrected chi connectivity index (χ3v) is 4.21. The van der Waals surface area contributed by atoms with Gasteiger partial charge in [-0.2, -0.15) is 5.10 Å². The summed E-state index contributed by atoms with van der Waals surface area (Å²) in [7, 11) is 0. The van der Waals surface area contributed by atoms with Gasteiger partial charge in [-0.3, -0.25) is 9.48 Å². The van der Waals surface area contributed by atoms with Crippen LogP contribution in [-0.4, -0.2) is 32.9 Å². The smallest absolute Gasteiger partial charge is 0.255 e. The fourth-order valence-corrected chi connectivity index (χ4v) is 3.05.